The number of pyridine rings is 2. The summed E-state index contributed by atoms with van der Waals surface area (Å²) in [4.78, 5) is 15.0. The smallest absolute Gasteiger partial charge is 0.137 e. The van der Waals surface area contributed by atoms with Crippen LogP contribution in [-0.4, -0.2) is 18.8 Å². The number of rotatable bonds is 13. The molecular formula is C74H52N6. The number of benzene rings is 10. The van der Waals surface area contributed by atoms with Crippen molar-refractivity contribution < 1.29 is 0 Å². The highest BCUT2D eigenvalue weighted by molar-refractivity contribution is 5.88. The van der Waals surface area contributed by atoms with Gasteiger partial charge in [0.05, 0.1) is 22.8 Å². The minimum atomic E-state index is 0.907. The van der Waals surface area contributed by atoms with Crippen molar-refractivity contribution in [3.63, 3.8) is 0 Å². The number of anilines is 6. The predicted molar refractivity (Wildman–Crippen MR) is 331 cm³/mol. The zero-order valence-electron chi connectivity index (χ0n) is 43.7. The summed E-state index contributed by atoms with van der Waals surface area (Å²) in [6.07, 6.45) is 4.20. The van der Waals surface area contributed by atoms with E-state index in [-0.39, 0.29) is 0 Å². The Labute approximate surface area is 465 Å². The van der Waals surface area contributed by atoms with Gasteiger partial charge in [-0.05, 0) is 130 Å². The highest BCUT2D eigenvalue weighted by Gasteiger charge is 2.21. The Hall–Kier alpha value is -10.8. The Balaban J connectivity index is 0.742. The summed E-state index contributed by atoms with van der Waals surface area (Å²) >= 11 is 0. The van der Waals surface area contributed by atoms with Crippen molar-refractivity contribution >= 4 is 45.4 Å². The Bertz CT molecular complexity index is 4100. The molecule has 0 unspecified atom stereocenters. The molecule has 80 heavy (non-hydrogen) atoms. The fourth-order valence-electron chi connectivity index (χ4n) is 11.0. The molecule has 0 aliphatic heterocycles. The van der Waals surface area contributed by atoms with Crippen LogP contribution in [0.1, 0.15) is 0 Å². The average molecular weight is 1030 g/mol. The molecule has 0 N–H and O–H groups in total. The summed E-state index contributed by atoms with van der Waals surface area (Å²) in [5.41, 5.74) is 23.5. The Morgan fingerprint density at radius 1 is 0.200 bits per heavy atom. The van der Waals surface area contributed by atoms with Gasteiger partial charge in [-0.25, -0.2) is 9.97 Å². The van der Waals surface area contributed by atoms with E-state index in [1.807, 2.05) is 12.1 Å². The predicted octanol–water partition coefficient (Wildman–Crippen LogP) is 19.6. The molecule has 378 valence electrons. The van der Waals surface area contributed by atoms with Crippen molar-refractivity contribution in [2.24, 2.45) is 0 Å². The van der Waals surface area contributed by atoms with E-state index in [4.69, 9.17) is 9.97 Å². The molecule has 0 spiro atoms. The summed E-state index contributed by atoms with van der Waals surface area (Å²) < 4.78 is 4.38. The number of nitrogens with zero attached hydrogens (tertiary/aromatic N) is 6. The van der Waals surface area contributed by atoms with Crippen molar-refractivity contribution in [2.45, 2.75) is 0 Å². The first kappa shape index (κ1) is 47.6. The van der Waals surface area contributed by atoms with Crippen molar-refractivity contribution in [3.05, 3.63) is 316 Å². The van der Waals surface area contributed by atoms with Crippen LogP contribution in [0, 0.1) is 0 Å². The van der Waals surface area contributed by atoms with E-state index < -0.39 is 0 Å². The maximum absolute atomic E-state index is 5.20. The fourth-order valence-corrected chi connectivity index (χ4v) is 11.0. The monoisotopic (exact) mass is 1020 g/mol. The van der Waals surface area contributed by atoms with E-state index in [9.17, 15) is 0 Å². The zero-order valence-corrected chi connectivity index (χ0v) is 43.7. The number of fused-ring (bicyclic) bond motifs is 2. The highest BCUT2D eigenvalue weighted by Crippen LogP contribution is 2.42. The molecule has 0 bridgehead atoms. The van der Waals surface area contributed by atoms with E-state index in [0.717, 1.165) is 102 Å². The first-order valence-electron chi connectivity index (χ1n) is 27.0. The molecule has 0 amide bonds. The van der Waals surface area contributed by atoms with Crippen LogP contribution in [0.2, 0.25) is 0 Å². The largest absolute Gasteiger partial charge is 0.311 e. The molecule has 6 heteroatoms. The number of hydrogen-bond acceptors (Lipinski definition) is 4. The van der Waals surface area contributed by atoms with Crippen LogP contribution >= 0.6 is 0 Å². The van der Waals surface area contributed by atoms with Crippen LogP contribution in [0.25, 0.3) is 89.7 Å². The number of imidazole rings is 2. The van der Waals surface area contributed by atoms with Crippen LogP contribution in [-0.2, 0) is 0 Å². The maximum atomic E-state index is 5.20. The van der Waals surface area contributed by atoms with Crippen LogP contribution in [0.5, 0.6) is 0 Å². The van der Waals surface area contributed by atoms with E-state index in [0.29, 0.717) is 0 Å². The molecule has 0 saturated heterocycles. The van der Waals surface area contributed by atoms with Gasteiger partial charge in [0.25, 0.3) is 0 Å². The molecular weight excluding hydrogens is 973 g/mol. The van der Waals surface area contributed by atoms with Crippen molar-refractivity contribution in [3.8, 4) is 78.4 Å². The Kier molecular flexibility index (Phi) is 12.5. The lowest BCUT2D eigenvalue weighted by Crippen LogP contribution is -2.10. The average Bonchev–Trinajstić information content (AvgIpc) is 4.14. The Morgan fingerprint density at radius 3 is 0.762 bits per heavy atom. The maximum Gasteiger partial charge on any atom is 0.137 e. The third-order valence-corrected chi connectivity index (χ3v) is 15.0. The quantitative estimate of drug-likeness (QED) is 0.115. The van der Waals surface area contributed by atoms with E-state index in [1.165, 1.54) is 22.3 Å². The van der Waals surface area contributed by atoms with Gasteiger partial charge < -0.3 is 9.80 Å². The third kappa shape index (κ3) is 9.16. The second-order valence-corrected chi connectivity index (χ2v) is 19.9. The third-order valence-electron chi connectivity index (χ3n) is 15.0. The van der Waals surface area contributed by atoms with E-state index in [2.05, 4.69) is 322 Å². The molecule has 0 aliphatic carbocycles. The summed E-state index contributed by atoms with van der Waals surface area (Å²) in [7, 11) is 0. The van der Waals surface area contributed by atoms with Crippen LogP contribution in [0.4, 0.5) is 34.1 Å². The zero-order chi connectivity index (χ0) is 53.2. The standard InChI is InChI=1S/C74H52N6/c1-5-17-53(18-6-1)55-27-31-61(32-28-55)73-71(75-69-25-13-15-51-77(69)73)59-39-47-67(48-40-59)79(63-21-9-3-10-22-63)65-43-35-57(36-44-65)58-37-45-66(46-38-58)80(64-23-11-4-12-24-64)68-49-41-60(42-50-68)72-74(78-52-16-14-26-70(78)76-72)62-33-29-56(30-34-62)54-19-7-2-8-20-54/h1-52H. The van der Waals surface area contributed by atoms with Gasteiger partial charge in [0.1, 0.15) is 11.3 Å². The molecule has 0 fully saturated rings. The van der Waals surface area contributed by atoms with Gasteiger partial charge in [0.2, 0.25) is 0 Å². The van der Waals surface area contributed by atoms with Crippen molar-refractivity contribution in [1.29, 1.82) is 0 Å². The van der Waals surface area contributed by atoms with Gasteiger partial charge in [0, 0.05) is 68.8 Å². The Morgan fingerprint density at radius 2 is 0.438 bits per heavy atom. The topological polar surface area (TPSA) is 41.1 Å². The molecule has 14 rings (SSSR count). The van der Waals surface area contributed by atoms with Gasteiger partial charge in [-0.1, -0.05) is 206 Å². The first-order valence-corrected chi connectivity index (χ1v) is 27.0. The minimum absolute atomic E-state index is 0.907. The summed E-state index contributed by atoms with van der Waals surface area (Å²) in [6.45, 7) is 0. The first-order chi connectivity index (χ1) is 39.7. The number of para-hydroxylation sites is 2. The molecule has 0 atom stereocenters. The molecule has 14 aromatic rings. The van der Waals surface area contributed by atoms with Crippen LogP contribution in [0.15, 0.2) is 316 Å². The lowest BCUT2D eigenvalue weighted by molar-refractivity contribution is 1.19. The molecule has 10 aromatic carbocycles. The van der Waals surface area contributed by atoms with Gasteiger partial charge in [0.15, 0.2) is 0 Å². The van der Waals surface area contributed by atoms with Crippen LogP contribution in [0.3, 0.4) is 0 Å². The minimum Gasteiger partial charge on any atom is -0.311 e. The summed E-state index contributed by atoms with van der Waals surface area (Å²) in [5.74, 6) is 0. The lowest BCUT2D eigenvalue weighted by Gasteiger charge is -2.26. The normalized spacial score (nSPS) is 11.2. The highest BCUT2D eigenvalue weighted by atomic mass is 15.1. The lowest BCUT2D eigenvalue weighted by atomic mass is 10.00. The SMILES string of the molecule is c1ccc(-c2ccc(-c3c(-c4ccc(N(c5ccccc5)c5ccc(-c6ccc(N(c7ccccc7)c7ccc(-c8nc9ccccn9c8-c8ccc(-c9ccccc9)cc8)cc7)cc6)cc5)cc4)nc4ccccn34)cc2)cc1. The van der Waals surface area contributed by atoms with Crippen LogP contribution < -0.4 is 9.80 Å². The van der Waals surface area contributed by atoms with E-state index >= 15 is 0 Å². The van der Waals surface area contributed by atoms with Crippen molar-refractivity contribution in [2.75, 3.05) is 9.80 Å². The summed E-state index contributed by atoms with van der Waals surface area (Å²) in [5, 5.41) is 0. The molecule has 0 aliphatic rings. The number of hydrogen-bond donors (Lipinski definition) is 0. The van der Waals surface area contributed by atoms with Gasteiger partial charge >= 0.3 is 0 Å². The van der Waals surface area contributed by atoms with E-state index in [1.54, 1.807) is 0 Å². The summed E-state index contributed by atoms with van der Waals surface area (Å²) in [6, 6.07) is 108. The van der Waals surface area contributed by atoms with Crippen molar-refractivity contribution in [1.82, 2.24) is 18.8 Å². The second kappa shape index (κ2) is 21.0. The molecule has 0 radical (unpaired) electrons. The molecule has 0 saturated carbocycles. The van der Waals surface area contributed by atoms with Gasteiger partial charge in [-0.15, -0.1) is 0 Å². The number of aromatic nitrogens is 4. The van der Waals surface area contributed by atoms with Gasteiger partial charge in [-0.3, -0.25) is 8.80 Å². The molecule has 6 nitrogen and oxygen atoms in total. The van der Waals surface area contributed by atoms with Gasteiger partial charge in [-0.2, -0.15) is 0 Å². The second-order valence-electron chi connectivity index (χ2n) is 19.9. The fraction of sp³-hybridized carbons (Fsp3) is 0. The molecule has 4 aromatic heterocycles. The molecule has 4 heterocycles.